The number of hydrogen-bond donors (Lipinski definition) is 1. The van der Waals surface area contributed by atoms with Crippen molar-refractivity contribution < 1.29 is 22.4 Å². The Morgan fingerprint density at radius 2 is 1.97 bits per heavy atom. The van der Waals surface area contributed by atoms with E-state index >= 15 is 0 Å². The molecule has 2 aromatic carbocycles. The van der Waals surface area contributed by atoms with E-state index in [1.165, 1.54) is 36.0 Å². The maximum atomic E-state index is 13.0. The largest absolute Gasteiger partial charge is 0.495 e. The van der Waals surface area contributed by atoms with Gasteiger partial charge in [0, 0.05) is 29.9 Å². The molecule has 1 aliphatic rings. The zero-order valence-electron chi connectivity index (χ0n) is 16.2. The number of aromatic nitrogens is 2. The number of benzene rings is 2. The predicted octanol–water partition coefficient (Wildman–Crippen LogP) is 2.78. The van der Waals surface area contributed by atoms with Crippen LogP contribution in [0.2, 0.25) is 0 Å². The summed E-state index contributed by atoms with van der Waals surface area (Å²) in [6, 6.07) is 11.3. The molecule has 1 aromatic heterocycles. The van der Waals surface area contributed by atoms with Crippen LogP contribution in [0.1, 0.15) is 23.2 Å². The molecular formula is C20H20N4O5S. The van der Waals surface area contributed by atoms with Gasteiger partial charge in [-0.3, -0.25) is 4.79 Å². The van der Waals surface area contributed by atoms with Crippen molar-refractivity contribution in [1.29, 1.82) is 0 Å². The maximum Gasteiger partial charge on any atom is 0.255 e. The van der Waals surface area contributed by atoms with Gasteiger partial charge in [-0.25, -0.2) is 8.42 Å². The van der Waals surface area contributed by atoms with Gasteiger partial charge in [0.2, 0.25) is 22.3 Å². The van der Waals surface area contributed by atoms with E-state index in [4.69, 9.17) is 9.15 Å². The van der Waals surface area contributed by atoms with Crippen molar-refractivity contribution in [2.75, 3.05) is 25.5 Å². The number of hydrogen-bond acceptors (Lipinski definition) is 7. The molecule has 1 saturated heterocycles. The van der Waals surface area contributed by atoms with E-state index in [0.717, 1.165) is 12.8 Å². The summed E-state index contributed by atoms with van der Waals surface area (Å²) < 4.78 is 37.9. The number of rotatable bonds is 6. The fourth-order valence-corrected chi connectivity index (χ4v) is 5.02. The molecule has 4 rings (SSSR count). The van der Waals surface area contributed by atoms with Crippen molar-refractivity contribution in [2.45, 2.75) is 17.7 Å². The summed E-state index contributed by atoms with van der Waals surface area (Å²) >= 11 is 0. The van der Waals surface area contributed by atoms with Crippen molar-refractivity contribution in [3.05, 3.63) is 54.4 Å². The summed E-state index contributed by atoms with van der Waals surface area (Å²) in [5.41, 5.74) is 1.37. The Morgan fingerprint density at radius 1 is 1.17 bits per heavy atom. The Bertz CT molecular complexity index is 1160. The van der Waals surface area contributed by atoms with E-state index in [1.807, 2.05) is 0 Å². The quantitative estimate of drug-likeness (QED) is 0.642. The van der Waals surface area contributed by atoms with Crippen LogP contribution in [0.4, 0.5) is 5.69 Å². The van der Waals surface area contributed by atoms with Gasteiger partial charge in [-0.15, -0.1) is 10.2 Å². The van der Waals surface area contributed by atoms with Gasteiger partial charge in [0.05, 0.1) is 7.11 Å². The summed E-state index contributed by atoms with van der Waals surface area (Å²) in [7, 11) is -2.34. The molecule has 0 atom stereocenters. The van der Waals surface area contributed by atoms with E-state index < -0.39 is 15.9 Å². The van der Waals surface area contributed by atoms with Gasteiger partial charge in [0.1, 0.15) is 10.6 Å². The summed E-state index contributed by atoms with van der Waals surface area (Å²) in [6.07, 6.45) is 2.86. The summed E-state index contributed by atoms with van der Waals surface area (Å²) in [6.45, 7) is 0.925. The molecule has 3 aromatic rings. The molecule has 1 amide bonds. The number of anilines is 1. The molecule has 0 spiro atoms. The molecule has 0 radical (unpaired) electrons. The summed E-state index contributed by atoms with van der Waals surface area (Å²) in [5.74, 6) is 0.0876. The highest BCUT2D eigenvalue weighted by atomic mass is 32.2. The molecule has 0 saturated carbocycles. The van der Waals surface area contributed by atoms with Crippen LogP contribution in [0.25, 0.3) is 11.5 Å². The minimum atomic E-state index is -3.75. The topological polar surface area (TPSA) is 115 Å². The molecular weight excluding hydrogens is 408 g/mol. The monoisotopic (exact) mass is 428 g/mol. The second kappa shape index (κ2) is 8.25. The van der Waals surface area contributed by atoms with E-state index in [1.54, 1.807) is 24.3 Å². The molecule has 0 unspecified atom stereocenters. The van der Waals surface area contributed by atoms with Gasteiger partial charge in [-0.05, 0) is 49.2 Å². The van der Waals surface area contributed by atoms with E-state index in [-0.39, 0.29) is 16.2 Å². The average molecular weight is 428 g/mol. The lowest BCUT2D eigenvalue weighted by Crippen LogP contribution is -2.28. The molecule has 1 fully saturated rings. The first-order chi connectivity index (χ1) is 14.5. The SMILES string of the molecule is COc1ccc(C(=O)Nc2cccc(-c3nnco3)c2)cc1S(=O)(=O)N1CCCC1. The Labute approximate surface area is 173 Å². The Hall–Kier alpha value is -3.24. The van der Waals surface area contributed by atoms with Crippen LogP contribution in [-0.4, -0.2) is 49.0 Å². The third-order valence-corrected chi connectivity index (χ3v) is 6.76. The highest BCUT2D eigenvalue weighted by molar-refractivity contribution is 7.89. The Kier molecular flexibility index (Phi) is 5.51. The highest BCUT2D eigenvalue weighted by Crippen LogP contribution is 2.30. The van der Waals surface area contributed by atoms with Gasteiger partial charge in [0.25, 0.3) is 5.91 Å². The lowest BCUT2D eigenvalue weighted by Gasteiger charge is -2.18. The van der Waals surface area contributed by atoms with Crippen LogP contribution < -0.4 is 10.1 Å². The van der Waals surface area contributed by atoms with Gasteiger partial charge in [-0.2, -0.15) is 4.31 Å². The van der Waals surface area contributed by atoms with Gasteiger partial charge in [-0.1, -0.05) is 6.07 Å². The Morgan fingerprint density at radius 3 is 2.67 bits per heavy atom. The predicted molar refractivity (Wildman–Crippen MR) is 109 cm³/mol. The number of nitrogens with one attached hydrogen (secondary N) is 1. The maximum absolute atomic E-state index is 13.0. The lowest BCUT2D eigenvalue weighted by atomic mass is 10.1. The molecule has 9 nitrogen and oxygen atoms in total. The van der Waals surface area contributed by atoms with Crippen molar-refractivity contribution >= 4 is 21.6 Å². The molecule has 30 heavy (non-hydrogen) atoms. The van der Waals surface area contributed by atoms with E-state index in [2.05, 4.69) is 15.5 Å². The van der Waals surface area contributed by atoms with Gasteiger partial charge >= 0.3 is 0 Å². The molecule has 0 aliphatic carbocycles. The lowest BCUT2D eigenvalue weighted by molar-refractivity contribution is 0.102. The average Bonchev–Trinajstić information content (AvgIpc) is 3.48. The second-order valence-corrected chi connectivity index (χ2v) is 8.66. The summed E-state index contributed by atoms with van der Waals surface area (Å²) in [4.78, 5) is 12.8. The van der Waals surface area contributed by atoms with Crippen LogP contribution in [0.15, 0.2) is 58.2 Å². The standard InChI is InChI=1S/C20H20N4O5S/c1-28-17-8-7-14(12-18(17)30(26,27)24-9-2-3-10-24)19(25)22-16-6-4-5-15(11-16)20-23-21-13-29-20/h4-8,11-13H,2-3,9-10H2,1H3,(H,22,25). The highest BCUT2D eigenvalue weighted by Gasteiger charge is 2.30. The number of nitrogens with zero attached hydrogens (tertiary/aromatic N) is 3. The molecule has 0 bridgehead atoms. The molecule has 1 N–H and O–H groups in total. The van der Waals surface area contributed by atoms with Gasteiger partial charge < -0.3 is 14.5 Å². The number of carbonyl (C=O) groups excluding carboxylic acids is 1. The molecule has 156 valence electrons. The normalized spacial score (nSPS) is 14.6. The fourth-order valence-electron chi connectivity index (χ4n) is 3.32. The minimum Gasteiger partial charge on any atom is -0.495 e. The summed E-state index contributed by atoms with van der Waals surface area (Å²) in [5, 5.41) is 10.3. The molecule has 2 heterocycles. The van der Waals surface area contributed by atoms with Crippen LogP contribution in [-0.2, 0) is 10.0 Å². The van der Waals surface area contributed by atoms with E-state index in [9.17, 15) is 13.2 Å². The second-order valence-electron chi connectivity index (χ2n) is 6.76. The van der Waals surface area contributed by atoms with Crippen molar-refractivity contribution in [3.8, 4) is 17.2 Å². The molecule has 1 aliphatic heterocycles. The number of methoxy groups -OCH3 is 1. The number of sulfonamides is 1. The third-order valence-electron chi connectivity index (χ3n) is 4.84. The van der Waals surface area contributed by atoms with Gasteiger partial charge in [0.15, 0.2) is 0 Å². The van der Waals surface area contributed by atoms with Crippen molar-refractivity contribution in [1.82, 2.24) is 14.5 Å². The van der Waals surface area contributed by atoms with Crippen molar-refractivity contribution in [2.24, 2.45) is 0 Å². The minimum absolute atomic E-state index is 0.0147. The third kappa shape index (κ3) is 3.91. The first-order valence-electron chi connectivity index (χ1n) is 9.35. The van der Waals surface area contributed by atoms with Crippen LogP contribution >= 0.6 is 0 Å². The van der Waals surface area contributed by atoms with Crippen LogP contribution in [0.3, 0.4) is 0 Å². The number of ether oxygens (including phenoxy) is 1. The zero-order valence-corrected chi connectivity index (χ0v) is 17.1. The smallest absolute Gasteiger partial charge is 0.255 e. The number of amides is 1. The fraction of sp³-hybridized carbons (Fsp3) is 0.250. The zero-order chi connectivity index (χ0) is 21.1. The number of carbonyl (C=O) groups is 1. The first-order valence-corrected chi connectivity index (χ1v) is 10.8. The molecule has 10 heteroatoms. The van der Waals surface area contributed by atoms with Crippen LogP contribution in [0, 0.1) is 0 Å². The van der Waals surface area contributed by atoms with Crippen molar-refractivity contribution in [3.63, 3.8) is 0 Å². The van der Waals surface area contributed by atoms with E-state index in [0.29, 0.717) is 30.2 Å². The van der Waals surface area contributed by atoms with Crippen LogP contribution in [0.5, 0.6) is 5.75 Å². The first kappa shape index (κ1) is 20.0. The Balaban J connectivity index is 1.61.